The van der Waals surface area contributed by atoms with Gasteiger partial charge in [-0.15, -0.1) is 0 Å². The Morgan fingerprint density at radius 2 is 1.44 bits per heavy atom. The third-order valence-electron chi connectivity index (χ3n) is 2.52. The fourth-order valence-electron chi connectivity index (χ4n) is 1.66. The lowest BCUT2D eigenvalue weighted by Gasteiger charge is -2.18. The number of Topliss-reactive ketones (excluding diaryl/α,β-unsaturated/α-hetero) is 1. The predicted octanol–water partition coefficient (Wildman–Crippen LogP) is 2.83. The lowest BCUT2D eigenvalue weighted by molar-refractivity contribution is -0.152. The Bertz CT molecular complexity index is 244. The average Bonchev–Trinajstić information content (AvgIpc) is 2.14. The van der Waals surface area contributed by atoms with Crippen LogP contribution in [-0.2, 0) is 14.3 Å². The van der Waals surface area contributed by atoms with Crippen molar-refractivity contribution in [2.45, 2.75) is 54.1 Å². The van der Waals surface area contributed by atoms with E-state index in [-0.39, 0.29) is 35.6 Å². The summed E-state index contributed by atoms with van der Waals surface area (Å²) in [5.74, 6) is -0.249. The molecule has 0 bridgehead atoms. The highest BCUT2D eigenvalue weighted by molar-refractivity contribution is 5.83. The van der Waals surface area contributed by atoms with E-state index in [1.165, 1.54) is 0 Å². The van der Waals surface area contributed by atoms with Crippen LogP contribution in [0.3, 0.4) is 0 Å². The van der Waals surface area contributed by atoms with Crippen LogP contribution in [0.15, 0.2) is 0 Å². The van der Waals surface area contributed by atoms with Crippen LogP contribution < -0.4 is 0 Å². The zero-order chi connectivity index (χ0) is 12.9. The quantitative estimate of drug-likeness (QED) is 0.656. The lowest BCUT2D eigenvalue weighted by atomic mass is 9.89. The molecule has 16 heavy (non-hydrogen) atoms. The van der Waals surface area contributed by atoms with E-state index in [9.17, 15) is 9.59 Å². The molecule has 3 nitrogen and oxygen atoms in total. The molecule has 2 atom stereocenters. The van der Waals surface area contributed by atoms with Crippen LogP contribution >= 0.6 is 0 Å². The van der Waals surface area contributed by atoms with Crippen molar-refractivity contribution in [1.29, 1.82) is 0 Å². The molecule has 0 amide bonds. The zero-order valence-corrected chi connectivity index (χ0v) is 11.2. The predicted molar refractivity (Wildman–Crippen MR) is 64.0 cm³/mol. The first kappa shape index (κ1) is 15.1. The molecule has 0 aromatic heterocycles. The van der Waals surface area contributed by atoms with Crippen LogP contribution in [0.5, 0.6) is 0 Å². The molecule has 0 saturated heterocycles. The molecule has 0 fully saturated rings. The molecule has 3 heteroatoms. The van der Waals surface area contributed by atoms with Crippen molar-refractivity contribution in [3.63, 3.8) is 0 Å². The summed E-state index contributed by atoms with van der Waals surface area (Å²) in [4.78, 5) is 23.2. The van der Waals surface area contributed by atoms with E-state index in [0.717, 1.165) is 0 Å². The van der Waals surface area contributed by atoms with Gasteiger partial charge in [0.2, 0.25) is 0 Å². The number of esters is 1. The fraction of sp³-hybridized carbons (Fsp3) is 0.846. The summed E-state index contributed by atoms with van der Waals surface area (Å²) in [7, 11) is 0. The second kappa shape index (κ2) is 6.66. The normalized spacial score (nSPS) is 15.0. The Hall–Kier alpha value is -0.860. The van der Waals surface area contributed by atoms with Crippen LogP contribution in [0.1, 0.15) is 48.0 Å². The molecule has 0 heterocycles. The van der Waals surface area contributed by atoms with Gasteiger partial charge in [-0.1, -0.05) is 27.7 Å². The van der Waals surface area contributed by atoms with Crippen LogP contribution in [0.2, 0.25) is 0 Å². The summed E-state index contributed by atoms with van der Waals surface area (Å²) in [6.07, 6.45) is 0.480. The molecule has 0 saturated carbocycles. The fourth-order valence-corrected chi connectivity index (χ4v) is 1.66. The van der Waals surface area contributed by atoms with E-state index in [1.807, 2.05) is 41.5 Å². The largest absolute Gasteiger partial charge is 0.463 e. The number of hydrogen-bond donors (Lipinski definition) is 0. The Balaban J connectivity index is 4.18. The van der Waals surface area contributed by atoms with Gasteiger partial charge in [0.15, 0.2) is 0 Å². The maximum atomic E-state index is 11.7. The van der Waals surface area contributed by atoms with Gasteiger partial charge in [-0.05, 0) is 20.3 Å². The minimum absolute atomic E-state index is 0.0309. The molecule has 2 unspecified atom stereocenters. The third kappa shape index (κ3) is 5.29. The van der Waals surface area contributed by atoms with Crippen molar-refractivity contribution in [3.8, 4) is 0 Å². The van der Waals surface area contributed by atoms with Crippen molar-refractivity contribution in [2.75, 3.05) is 0 Å². The van der Waals surface area contributed by atoms with Gasteiger partial charge in [-0.3, -0.25) is 9.59 Å². The summed E-state index contributed by atoms with van der Waals surface area (Å²) >= 11 is 0. The van der Waals surface area contributed by atoms with Gasteiger partial charge >= 0.3 is 5.97 Å². The van der Waals surface area contributed by atoms with Crippen LogP contribution in [0, 0.1) is 17.8 Å². The maximum absolute atomic E-state index is 11.7. The molecular formula is C13H24O3. The van der Waals surface area contributed by atoms with Gasteiger partial charge in [0.25, 0.3) is 0 Å². The molecule has 0 spiro atoms. The Labute approximate surface area is 98.6 Å². The first-order chi connectivity index (χ1) is 7.25. The molecule has 0 aliphatic rings. The van der Waals surface area contributed by atoms with E-state index in [0.29, 0.717) is 6.42 Å². The van der Waals surface area contributed by atoms with E-state index in [4.69, 9.17) is 4.74 Å². The van der Waals surface area contributed by atoms with E-state index < -0.39 is 0 Å². The summed E-state index contributed by atoms with van der Waals surface area (Å²) in [6.45, 7) is 11.1. The SMILES string of the molecule is CC(C)OC(=O)C(C)CC(C)C(=O)C(C)C. The molecule has 0 aliphatic carbocycles. The summed E-state index contributed by atoms with van der Waals surface area (Å²) in [5.41, 5.74) is 0. The number of ketones is 1. The van der Waals surface area contributed by atoms with Gasteiger partial charge < -0.3 is 4.74 Å². The van der Waals surface area contributed by atoms with Crippen LogP contribution in [-0.4, -0.2) is 17.9 Å². The van der Waals surface area contributed by atoms with Crippen LogP contribution in [0.4, 0.5) is 0 Å². The first-order valence-corrected chi connectivity index (χ1v) is 5.99. The van der Waals surface area contributed by atoms with Crippen molar-refractivity contribution < 1.29 is 14.3 Å². The van der Waals surface area contributed by atoms with E-state index >= 15 is 0 Å². The van der Waals surface area contributed by atoms with E-state index in [2.05, 4.69) is 0 Å². The van der Waals surface area contributed by atoms with Crippen molar-refractivity contribution in [3.05, 3.63) is 0 Å². The molecule has 0 aromatic carbocycles. The van der Waals surface area contributed by atoms with Gasteiger partial charge in [0.1, 0.15) is 5.78 Å². The highest BCUT2D eigenvalue weighted by Crippen LogP contribution is 2.18. The molecule has 0 radical (unpaired) electrons. The second-order valence-electron chi connectivity index (χ2n) is 5.08. The van der Waals surface area contributed by atoms with Crippen molar-refractivity contribution in [2.24, 2.45) is 17.8 Å². The minimum Gasteiger partial charge on any atom is -0.463 e. The van der Waals surface area contributed by atoms with Gasteiger partial charge in [-0.25, -0.2) is 0 Å². The zero-order valence-electron chi connectivity index (χ0n) is 11.2. The number of carbonyl (C=O) groups excluding carboxylic acids is 2. The van der Waals surface area contributed by atoms with Gasteiger partial charge in [-0.2, -0.15) is 0 Å². The molecule has 0 N–H and O–H groups in total. The highest BCUT2D eigenvalue weighted by atomic mass is 16.5. The number of ether oxygens (including phenoxy) is 1. The van der Waals surface area contributed by atoms with Gasteiger partial charge in [0, 0.05) is 11.8 Å². The second-order valence-corrected chi connectivity index (χ2v) is 5.08. The Morgan fingerprint density at radius 1 is 0.938 bits per heavy atom. The summed E-state index contributed by atoms with van der Waals surface area (Å²) in [6, 6.07) is 0. The smallest absolute Gasteiger partial charge is 0.308 e. The average molecular weight is 228 g/mol. The molecule has 0 rings (SSSR count). The van der Waals surface area contributed by atoms with Crippen molar-refractivity contribution >= 4 is 11.8 Å². The molecule has 94 valence electrons. The first-order valence-electron chi connectivity index (χ1n) is 5.99. The molecular weight excluding hydrogens is 204 g/mol. The topological polar surface area (TPSA) is 43.4 Å². The standard InChI is InChI=1S/C13H24O3/c1-8(2)12(14)10(5)7-11(6)13(15)16-9(3)4/h8-11H,7H2,1-6H3. The Morgan fingerprint density at radius 3 is 1.81 bits per heavy atom. The summed E-state index contributed by atoms with van der Waals surface area (Å²) < 4.78 is 5.10. The maximum Gasteiger partial charge on any atom is 0.308 e. The monoisotopic (exact) mass is 228 g/mol. The van der Waals surface area contributed by atoms with Crippen molar-refractivity contribution in [1.82, 2.24) is 0 Å². The third-order valence-corrected chi connectivity index (χ3v) is 2.52. The number of rotatable bonds is 6. The minimum atomic E-state index is -0.210. The summed E-state index contributed by atoms with van der Waals surface area (Å²) in [5, 5.41) is 0. The molecule has 0 aromatic rings. The molecule has 0 aliphatic heterocycles. The number of hydrogen-bond acceptors (Lipinski definition) is 3. The van der Waals surface area contributed by atoms with Crippen LogP contribution in [0.25, 0.3) is 0 Å². The highest BCUT2D eigenvalue weighted by Gasteiger charge is 2.23. The Kier molecular flexibility index (Phi) is 6.31. The lowest BCUT2D eigenvalue weighted by Crippen LogP contribution is -2.25. The van der Waals surface area contributed by atoms with Gasteiger partial charge in [0.05, 0.1) is 12.0 Å². The number of carbonyl (C=O) groups is 2. The van der Waals surface area contributed by atoms with E-state index in [1.54, 1.807) is 0 Å².